The van der Waals surface area contributed by atoms with Gasteiger partial charge in [-0.15, -0.1) is 0 Å². The van der Waals surface area contributed by atoms with Gasteiger partial charge in [-0.3, -0.25) is 4.79 Å². The third kappa shape index (κ3) is 4.70. The Balaban J connectivity index is 1.92. The van der Waals surface area contributed by atoms with Gasteiger partial charge in [-0.1, -0.05) is 24.3 Å². The van der Waals surface area contributed by atoms with Crippen molar-refractivity contribution in [2.45, 2.75) is 32.4 Å². The van der Waals surface area contributed by atoms with E-state index >= 15 is 0 Å². The molecule has 3 rings (SSSR count). The SMILES string of the molecule is COc1cc(C(=O)O)cc(C(=O)N(Cc2ccccc2C)C[C@H]2CCCO2)c1. The van der Waals surface area contributed by atoms with Crippen molar-refractivity contribution in [1.29, 1.82) is 0 Å². The summed E-state index contributed by atoms with van der Waals surface area (Å²) in [4.78, 5) is 26.5. The molecule has 1 aliphatic rings. The molecule has 0 aromatic heterocycles. The fraction of sp³-hybridized carbons (Fsp3) is 0.364. The van der Waals surface area contributed by atoms with Crippen molar-refractivity contribution in [1.82, 2.24) is 4.90 Å². The Morgan fingerprint density at radius 2 is 1.96 bits per heavy atom. The van der Waals surface area contributed by atoms with Gasteiger partial charge in [0.1, 0.15) is 5.75 Å². The Kier molecular flexibility index (Phi) is 6.31. The predicted molar refractivity (Wildman–Crippen MR) is 105 cm³/mol. The number of hydrogen-bond acceptors (Lipinski definition) is 4. The summed E-state index contributed by atoms with van der Waals surface area (Å²) in [5.41, 5.74) is 2.47. The van der Waals surface area contributed by atoms with Crippen molar-refractivity contribution >= 4 is 11.9 Å². The summed E-state index contributed by atoms with van der Waals surface area (Å²) in [6.07, 6.45) is 1.90. The van der Waals surface area contributed by atoms with Crippen LogP contribution in [0.15, 0.2) is 42.5 Å². The van der Waals surface area contributed by atoms with Crippen LogP contribution in [0, 0.1) is 6.92 Å². The number of hydrogen-bond donors (Lipinski definition) is 1. The first kappa shape index (κ1) is 19.9. The van der Waals surface area contributed by atoms with Gasteiger partial charge in [0.05, 0.1) is 18.8 Å². The lowest BCUT2D eigenvalue weighted by atomic mass is 10.1. The maximum Gasteiger partial charge on any atom is 0.335 e. The standard InChI is InChI=1S/C22H25NO5/c1-15-6-3-4-7-16(15)13-23(14-19-8-5-9-28-19)21(24)17-10-18(22(25)26)12-20(11-17)27-2/h3-4,6-7,10-12,19H,5,8-9,13-14H2,1-2H3,(H,25,26)/t19-/m1/s1. The first-order chi connectivity index (χ1) is 13.5. The topological polar surface area (TPSA) is 76.1 Å². The van der Waals surface area contributed by atoms with Crippen LogP contribution in [0.25, 0.3) is 0 Å². The predicted octanol–water partition coefficient (Wildman–Crippen LogP) is 3.52. The van der Waals surface area contributed by atoms with Gasteiger partial charge in [-0.05, 0) is 49.1 Å². The smallest absolute Gasteiger partial charge is 0.335 e. The summed E-state index contributed by atoms with van der Waals surface area (Å²) in [7, 11) is 1.45. The zero-order chi connectivity index (χ0) is 20.1. The molecule has 148 valence electrons. The maximum atomic E-state index is 13.3. The minimum atomic E-state index is -1.10. The van der Waals surface area contributed by atoms with Gasteiger partial charge >= 0.3 is 5.97 Å². The van der Waals surface area contributed by atoms with Crippen molar-refractivity contribution in [3.63, 3.8) is 0 Å². The average Bonchev–Trinajstić information content (AvgIpc) is 3.21. The summed E-state index contributed by atoms with van der Waals surface area (Å²) in [6.45, 7) is 3.62. The second kappa shape index (κ2) is 8.89. The van der Waals surface area contributed by atoms with Gasteiger partial charge in [0.25, 0.3) is 5.91 Å². The summed E-state index contributed by atoms with van der Waals surface area (Å²) >= 11 is 0. The summed E-state index contributed by atoms with van der Waals surface area (Å²) in [5.74, 6) is -0.992. The lowest BCUT2D eigenvalue weighted by Gasteiger charge is -2.26. The Labute approximate surface area is 164 Å². The third-order valence-electron chi connectivity index (χ3n) is 4.99. The van der Waals surface area contributed by atoms with Crippen LogP contribution in [0.2, 0.25) is 0 Å². The van der Waals surface area contributed by atoms with Gasteiger partial charge < -0.3 is 19.5 Å². The number of ether oxygens (including phenoxy) is 2. The lowest BCUT2D eigenvalue weighted by molar-refractivity contribution is 0.0506. The summed E-state index contributed by atoms with van der Waals surface area (Å²) < 4.78 is 10.9. The number of carbonyl (C=O) groups is 2. The highest BCUT2D eigenvalue weighted by molar-refractivity contribution is 5.98. The van der Waals surface area contributed by atoms with Crippen LogP contribution in [-0.4, -0.2) is 48.2 Å². The van der Waals surface area contributed by atoms with Crippen LogP contribution < -0.4 is 4.74 Å². The molecule has 0 radical (unpaired) electrons. The van der Waals surface area contributed by atoms with Crippen LogP contribution >= 0.6 is 0 Å². The minimum Gasteiger partial charge on any atom is -0.497 e. The molecule has 1 atom stereocenters. The van der Waals surface area contributed by atoms with Crippen LogP contribution in [0.3, 0.4) is 0 Å². The van der Waals surface area contributed by atoms with E-state index in [1.807, 2.05) is 31.2 Å². The first-order valence-corrected chi connectivity index (χ1v) is 9.35. The maximum absolute atomic E-state index is 13.3. The van der Waals surface area contributed by atoms with E-state index in [0.717, 1.165) is 24.0 Å². The van der Waals surface area contributed by atoms with Crippen molar-refractivity contribution in [3.8, 4) is 5.75 Å². The summed E-state index contributed by atoms with van der Waals surface area (Å²) in [6, 6.07) is 12.3. The molecule has 0 spiro atoms. The highest BCUT2D eigenvalue weighted by Gasteiger charge is 2.25. The molecule has 6 nitrogen and oxygen atoms in total. The normalized spacial score (nSPS) is 16.0. The molecule has 2 aromatic carbocycles. The van der Waals surface area contributed by atoms with Gasteiger partial charge in [0.15, 0.2) is 0 Å². The second-order valence-corrected chi connectivity index (χ2v) is 7.00. The number of carboxylic acid groups (broad SMARTS) is 1. The minimum absolute atomic E-state index is 0.00230. The number of carbonyl (C=O) groups excluding carboxylic acids is 1. The molecule has 0 aliphatic carbocycles. The number of amides is 1. The lowest BCUT2D eigenvalue weighted by Crippen LogP contribution is -2.37. The van der Waals surface area contributed by atoms with E-state index in [2.05, 4.69) is 0 Å². The molecular formula is C22H25NO5. The van der Waals surface area contributed by atoms with E-state index in [1.165, 1.54) is 19.2 Å². The fourth-order valence-corrected chi connectivity index (χ4v) is 3.39. The highest BCUT2D eigenvalue weighted by atomic mass is 16.5. The van der Waals surface area contributed by atoms with Crippen LogP contribution in [0.5, 0.6) is 5.75 Å². The number of benzene rings is 2. The molecule has 1 saturated heterocycles. The second-order valence-electron chi connectivity index (χ2n) is 7.00. The number of rotatable bonds is 7. The van der Waals surface area contributed by atoms with Crippen LogP contribution in [0.4, 0.5) is 0 Å². The van der Waals surface area contributed by atoms with Gasteiger partial charge in [0, 0.05) is 25.3 Å². The van der Waals surface area contributed by atoms with Crippen molar-refractivity contribution < 1.29 is 24.2 Å². The Morgan fingerprint density at radius 1 is 1.21 bits per heavy atom. The monoisotopic (exact) mass is 383 g/mol. The number of aryl methyl sites for hydroxylation is 1. The van der Waals surface area contributed by atoms with Crippen LogP contribution in [0.1, 0.15) is 44.7 Å². The Morgan fingerprint density at radius 3 is 2.61 bits per heavy atom. The molecule has 6 heteroatoms. The van der Waals surface area contributed by atoms with E-state index in [-0.39, 0.29) is 17.6 Å². The molecular weight excluding hydrogens is 358 g/mol. The van der Waals surface area contributed by atoms with Crippen molar-refractivity contribution in [2.75, 3.05) is 20.3 Å². The van der Waals surface area contributed by atoms with Crippen LogP contribution in [-0.2, 0) is 11.3 Å². The third-order valence-corrected chi connectivity index (χ3v) is 4.99. The Hall–Kier alpha value is -2.86. The van der Waals surface area contributed by atoms with Gasteiger partial charge in [-0.25, -0.2) is 4.79 Å². The number of aromatic carboxylic acids is 1. The van der Waals surface area contributed by atoms with E-state index in [1.54, 1.807) is 11.0 Å². The van der Waals surface area contributed by atoms with Gasteiger partial charge in [-0.2, -0.15) is 0 Å². The molecule has 1 heterocycles. The number of carboxylic acids is 1. The Bertz CT molecular complexity index is 858. The number of nitrogens with zero attached hydrogens (tertiary/aromatic N) is 1. The molecule has 0 saturated carbocycles. The average molecular weight is 383 g/mol. The molecule has 0 bridgehead atoms. The number of methoxy groups -OCH3 is 1. The fourth-order valence-electron chi connectivity index (χ4n) is 3.39. The first-order valence-electron chi connectivity index (χ1n) is 9.35. The molecule has 1 amide bonds. The molecule has 28 heavy (non-hydrogen) atoms. The van der Waals surface area contributed by atoms with Crippen molar-refractivity contribution in [3.05, 3.63) is 64.7 Å². The molecule has 2 aromatic rings. The molecule has 1 fully saturated rings. The zero-order valence-electron chi connectivity index (χ0n) is 16.2. The van der Waals surface area contributed by atoms with Crippen molar-refractivity contribution in [2.24, 2.45) is 0 Å². The van der Waals surface area contributed by atoms with Gasteiger partial charge in [0.2, 0.25) is 0 Å². The largest absolute Gasteiger partial charge is 0.497 e. The van der Waals surface area contributed by atoms with E-state index in [0.29, 0.717) is 31.0 Å². The van der Waals surface area contributed by atoms with E-state index < -0.39 is 5.97 Å². The summed E-state index contributed by atoms with van der Waals surface area (Å²) in [5, 5.41) is 9.35. The van der Waals surface area contributed by atoms with E-state index in [9.17, 15) is 14.7 Å². The molecule has 0 unspecified atom stereocenters. The van der Waals surface area contributed by atoms with E-state index in [4.69, 9.17) is 9.47 Å². The molecule has 1 N–H and O–H groups in total. The quantitative estimate of drug-likeness (QED) is 0.792. The zero-order valence-corrected chi connectivity index (χ0v) is 16.2. The highest BCUT2D eigenvalue weighted by Crippen LogP contribution is 2.22. The molecule has 1 aliphatic heterocycles.